The molecule has 0 radical (unpaired) electrons. The molecule has 0 bridgehead atoms. The largest absolute Gasteiger partial charge is 0.463 e. The molecule has 26 heavy (non-hydrogen) atoms. The van der Waals surface area contributed by atoms with Gasteiger partial charge >= 0.3 is 0 Å². The van der Waals surface area contributed by atoms with Crippen LogP contribution >= 0.6 is 11.6 Å². The average Bonchev–Trinajstić information content (AvgIpc) is 3.37. The van der Waals surface area contributed by atoms with Crippen molar-refractivity contribution in [1.82, 2.24) is 24.3 Å². The minimum Gasteiger partial charge on any atom is -0.463 e. The van der Waals surface area contributed by atoms with Gasteiger partial charge in [0.15, 0.2) is 5.76 Å². The molecule has 3 aromatic heterocycles. The second-order valence-corrected chi connectivity index (χ2v) is 8.55. The van der Waals surface area contributed by atoms with Gasteiger partial charge in [0.25, 0.3) is 0 Å². The summed E-state index contributed by atoms with van der Waals surface area (Å²) in [5, 5.41) is 11.4. The van der Waals surface area contributed by atoms with Crippen LogP contribution in [-0.2, 0) is 17.1 Å². The SMILES string of the molecule is Cn1ncc(S(=O)(=O)N2CCC(c3cc(-c4ccco4)n[nH]3)CC2)c1Cl. The van der Waals surface area contributed by atoms with Crippen LogP contribution in [0.3, 0.4) is 0 Å². The van der Waals surface area contributed by atoms with E-state index in [-0.39, 0.29) is 16.0 Å². The number of hydrogen-bond donors (Lipinski definition) is 1. The monoisotopic (exact) mass is 395 g/mol. The van der Waals surface area contributed by atoms with Gasteiger partial charge in [-0.05, 0) is 31.0 Å². The zero-order valence-corrected chi connectivity index (χ0v) is 15.7. The zero-order valence-electron chi connectivity index (χ0n) is 14.1. The molecule has 1 fully saturated rings. The molecular weight excluding hydrogens is 378 g/mol. The molecule has 1 saturated heterocycles. The second-order valence-electron chi connectivity index (χ2n) is 6.29. The number of aryl methyl sites for hydroxylation is 1. The molecule has 1 N–H and O–H groups in total. The summed E-state index contributed by atoms with van der Waals surface area (Å²) in [7, 11) is -2.02. The third-order valence-corrected chi connectivity index (χ3v) is 7.18. The van der Waals surface area contributed by atoms with Crippen LogP contribution in [0.15, 0.2) is 40.0 Å². The van der Waals surface area contributed by atoms with Crippen molar-refractivity contribution >= 4 is 21.6 Å². The van der Waals surface area contributed by atoms with Gasteiger partial charge in [-0.15, -0.1) is 0 Å². The molecule has 0 unspecified atom stereocenters. The number of furan rings is 1. The van der Waals surface area contributed by atoms with Gasteiger partial charge in [0, 0.05) is 31.7 Å². The Kier molecular flexibility index (Phi) is 4.37. The molecule has 3 aromatic rings. The predicted molar refractivity (Wildman–Crippen MR) is 95.2 cm³/mol. The number of hydrogen-bond acceptors (Lipinski definition) is 5. The van der Waals surface area contributed by atoms with Crippen LogP contribution in [0.2, 0.25) is 5.15 Å². The number of sulfonamides is 1. The summed E-state index contributed by atoms with van der Waals surface area (Å²) in [5.41, 5.74) is 1.75. The summed E-state index contributed by atoms with van der Waals surface area (Å²) < 4.78 is 33.7. The summed E-state index contributed by atoms with van der Waals surface area (Å²) >= 11 is 6.06. The van der Waals surface area contributed by atoms with Crippen LogP contribution in [0.5, 0.6) is 0 Å². The topological polar surface area (TPSA) is 97.0 Å². The fourth-order valence-electron chi connectivity index (χ4n) is 3.22. The lowest BCUT2D eigenvalue weighted by molar-refractivity contribution is 0.316. The van der Waals surface area contributed by atoms with Gasteiger partial charge < -0.3 is 4.42 Å². The Labute approximate surface area is 155 Å². The normalized spacial score (nSPS) is 17.0. The van der Waals surface area contributed by atoms with E-state index in [1.165, 1.54) is 15.2 Å². The smallest absolute Gasteiger partial charge is 0.247 e. The highest BCUT2D eigenvalue weighted by atomic mass is 35.5. The quantitative estimate of drug-likeness (QED) is 0.732. The molecular formula is C16H18ClN5O3S. The first kappa shape index (κ1) is 17.3. The Morgan fingerprint density at radius 2 is 2.12 bits per heavy atom. The lowest BCUT2D eigenvalue weighted by Crippen LogP contribution is -2.38. The van der Waals surface area contributed by atoms with E-state index >= 15 is 0 Å². The van der Waals surface area contributed by atoms with Gasteiger partial charge in [0.2, 0.25) is 10.0 Å². The number of aromatic nitrogens is 4. The molecule has 4 rings (SSSR count). The van der Waals surface area contributed by atoms with E-state index in [4.69, 9.17) is 16.0 Å². The Morgan fingerprint density at radius 1 is 1.35 bits per heavy atom. The van der Waals surface area contributed by atoms with Crippen molar-refractivity contribution in [2.24, 2.45) is 7.05 Å². The van der Waals surface area contributed by atoms with Crippen LogP contribution in [-0.4, -0.2) is 45.8 Å². The van der Waals surface area contributed by atoms with E-state index in [0.29, 0.717) is 31.7 Å². The van der Waals surface area contributed by atoms with E-state index in [9.17, 15) is 8.42 Å². The number of H-pyrrole nitrogens is 1. The summed E-state index contributed by atoms with van der Waals surface area (Å²) in [6.45, 7) is 0.848. The zero-order chi connectivity index (χ0) is 18.3. The summed E-state index contributed by atoms with van der Waals surface area (Å²) in [4.78, 5) is 0.0572. The van der Waals surface area contributed by atoms with Crippen LogP contribution in [0.4, 0.5) is 0 Å². The molecule has 138 valence electrons. The Balaban J connectivity index is 1.47. The van der Waals surface area contributed by atoms with E-state index in [1.807, 2.05) is 18.2 Å². The minimum atomic E-state index is -3.63. The molecule has 0 spiro atoms. The first-order valence-electron chi connectivity index (χ1n) is 8.23. The molecule has 4 heterocycles. The highest BCUT2D eigenvalue weighted by molar-refractivity contribution is 7.89. The standard InChI is InChI=1S/C16H18ClN5O3S/c1-21-16(17)15(10-18-21)26(23,24)22-6-4-11(5-7-22)12-9-13(20-19-12)14-3-2-8-25-14/h2-3,8-11H,4-7H2,1H3,(H,19,20). The lowest BCUT2D eigenvalue weighted by atomic mass is 9.94. The van der Waals surface area contributed by atoms with Crippen molar-refractivity contribution < 1.29 is 12.8 Å². The Hall–Kier alpha value is -2.10. The Morgan fingerprint density at radius 3 is 2.73 bits per heavy atom. The van der Waals surface area contributed by atoms with Crippen LogP contribution in [0.25, 0.3) is 11.5 Å². The third kappa shape index (κ3) is 2.95. The predicted octanol–water partition coefficient (Wildman–Crippen LogP) is 2.62. The van der Waals surface area contributed by atoms with Gasteiger partial charge in [-0.1, -0.05) is 11.6 Å². The minimum absolute atomic E-state index is 0.0572. The number of nitrogens with one attached hydrogen (secondary N) is 1. The molecule has 8 nitrogen and oxygen atoms in total. The molecule has 0 aliphatic carbocycles. The molecule has 0 aromatic carbocycles. The number of nitrogens with zero attached hydrogens (tertiary/aromatic N) is 4. The van der Waals surface area contributed by atoms with E-state index in [2.05, 4.69) is 15.3 Å². The van der Waals surface area contributed by atoms with Crippen molar-refractivity contribution in [3.63, 3.8) is 0 Å². The van der Waals surface area contributed by atoms with Crippen molar-refractivity contribution in [2.45, 2.75) is 23.7 Å². The van der Waals surface area contributed by atoms with Crippen molar-refractivity contribution in [1.29, 1.82) is 0 Å². The van der Waals surface area contributed by atoms with Crippen LogP contribution < -0.4 is 0 Å². The summed E-state index contributed by atoms with van der Waals surface area (Å²) in [5.74, 6) is 0.931. The van der Waals surface area contributed by atoms with Gasteiger partial charge in [-0.2, -0.15) is 14.5 Å². The van der Waals surface area contributed by atoms with Gasteiger partial charge in [0.05, 0.1) is 12.5 Å². The number of rotatable bonds is 4. The van der Waals surface area contributed by atoms with Gasteiger partial charge in [-0.3, -0.25) is 9.78 Å². The summed E-state index contributed by atoms with van der Waals surface area (Å²) in [6, 6.07) is 5.63. The molecule has 0 saturated carbocycles. The highest BCUT2D eigenvalue weighted by Crippen LogP contribution is 2.32. The highest BCUT2D eigenvalue weighted by Gasteiger charge is 2.33. The fourth-order valence-corrected chi connectivity index (χ4v) is 5.10. The van der Waals surface area contributed by atoms with E-state index in [0.717, 1.165) is 11.4 Å². The third-order valence-electron chi connectivity index (χ3n) is 4.72. The number of halogens is 1. The van der Waals surface area contributed by atoms with Gasteiger partial charge in [0.1, 0.15) is 15.7 Å². The molecule has 1 aliphatic heterocycles. The lowest BCUT2D eigenvalue weighted by Gasteiger charge is -2.30. The van der Waals surface area contributed by atoms with E-state index in [1.54, 1.807) is 13.3 Å². The molecule has 0 atom stereocenters. The Bertz CT molecular complexity index is 1000. The first-order chi connectivity index (χ1) is 12.5. The van der Waals surface area contributed by atoms with E-state index < -0.39 is 10.0 Å². The van der Waals surface area contributed by atoms with Crippen molar-refractivity contribution in [2.75, 3.05) is 13.1 Å². The second kappa shape index (κ2) is 6.57. The number of piperidine rings is 1. The van der Waals surface area contributed by atoms with Gasteiger partial charge in [-0.25, -0.2) is 8.42 Å². The summed E-state index contributed by atoms with van der Waals surface area (Å²) in [6.07, 6.45) is 4.32. The van der Waals surface area contributed by atoms with Crippen molar-refractivity contribution in [3.8, 4) is 11.5 Å². The first-order valence-corrected chi connectivity index (χ1v) is 10.1. The fraction of sp³-hybridized carbons (Fsp3) is 0.375. The number of aromatic amines is 1. The maximum absolute atomic E-state index is 12.8. The van der Waals surface area contributed by atoms with Crippen LogP contribution in [0, 0.1) is 0 Å². The molecule has 10 heteroatoms. The molecule has 1 aliphatic rings. The van der Waals surface area contributed by atoms with Crippen LogP contribution in [0.1, 0.15) is 24.5 Å². The van der Waals surface area contributed by atoms with Crippen molar-refractivity contribution in [3.05, 3.63) is 41.5 Å². The molecule has 0 amide bonds. The maximum Gasteiger partial charge on any atom is 0.247 e. The maximum atomic E-state index is 12.8. The average molecular weight is 396 g/mol.